The van der Waals surface area contributed by atoms with Crippen molar-refractivity contribution in [3.8, 4) is 6.07 Å². The number of nitriles is 1. The van der Waals surface area contributed by atoms with E-state index in [-0.39, 0.29) is 6.04 Å². The van der Waals surface area contributed by atoms with E-state index in [2.05, 4.69) is 35.1 Å². The molecule has 0 fully saturated rings. The second-order valence-corrected chi connectivity index (χ2v) is 5.08. The standard InChI is InChI=1S/C14H15N3S/c1-10(6-11-4-5-18-9-11)17-14-3-2-13(16)7-12(14)8-15/h2-5,7,9-10,17H,6,16H2,1H3. The molecule has 18 heavy (non-hydrogen) atoms. The number of thiophene rings is 1. The van der Waals surface area contributed by atoms with Gasteiger partial charge >= 0.3 is 0 Å². The molecule has 92 valence electrons. The number of anilines is 2. The lowest BCUT2D eigenvalue weighted by atomic mass is 10.1. The van der Waals surface area contributed by atoms with Gasteiger partial charge in [0.2, 0.25) is 0 Å². The molecule has 2 aromatic rings. The topological polar surface area (TPSA) is 61.8 Å². The largest absolute Gasteiger partial charge is 0.399 e. The second kappa shape index (κ2) is 5.56. The average molecular weight is 257 g/mol. The molecule has 0 bridgehead atoms. The third-order valence-corrected chi connectivity index (χ3v) is 3.42. The summed E-state index contributed by atoms with van der Waals surface area (Å²) in [4.78, 5) is 0. The highest BCUT2D eigenvalue weighted by molar-refractivity contribution is 7.07. The van der Waals surface area contributed by atoms with Crippen molar-refractivity contribution in [1.82, 2.24) is 0 Å². The minimum Gasteiger partial charge on any atom is -0.399 e. The Balaban J connectivity index is 2.07. The van der Waals surface area contributed by atoms with E-state index in [0.717, 1.165) is 12.1 Å². The van der Waals surface area contributed by atoms with Gasteiger partial charge in [-0.25, -0.2) is 0 Å². The van der Waals surface area contributed by atoms with Gasteiger partial charge in [-0.3, -0.25) is 0 Å². The predicted molar refractivity (Wildman–Crippen MR) is 76.7 cm³/mol. The molecule has 1 atom stereocenters. The lowest BCUT2D eigenvalue weighted by Crippen LogP contribution is -2.18. The van der Waals surface area contributed by atoms with Crippen molar-refractivity contribution in [3.63, 3.8) is 0 Å². The Morgan fingerprint density at radius 2 is 2.28 bits per heavy atom. The van der Waals surface area contributed by atoms with Gasteiger partial charge in [0.15, 0.2) is 0 Å². The van der Waals surface area contributed by atoms with Crippen molar-refractivity contribution in [2.75, 3.05) is 11.1 Å². The van der Waals surface area contributed by atoms with Crippen molar-refractivity contribution in [2.24, 2.45) is 0 Å². The summed E-state index contributed by atoms with van der Waals surface area (Å²) in [5.41, 5.74) is 9.03. The number of benzene rings is 1. The molecule has 0 saturated carbocycles. The molecule has 0 aliphatic rings. The van der Waals surface area contributed by atoms with Gasteiger partial charge in [-0.05, 0) is 53.9 Å². The van der Waals surface area contributed by atoms with Crippen LogP contribution in [0.25, 0.3) is 0 Å². The van der Waals surface area contributed by atoms with E-state index >= 15 is 0 Å². The van der Waals surface area contributed by atoms with Crippen LogP contribution in [0.15, 0.2) is 35.0 Å². The van der Waals surface area contributed by atoms with Gasteiger partial charge in [0.25, 0.3) is 0 Å². The number of hydrogen-bond donors (Lipinski definition) is 2. The quantitative estimate of drug-likeness (QED) is 0.826. The molecule has 0 aliphatic carbocycles. The van der Waals surface area contributed by atoms with Crippen LogP contribution in [-0.4, -0.2) is 6.04 Å². The van der Waals surface area contributed by atoms with E-state index in [9.17, 15) is 0 Å². The first-order chi connectivity index (χ1) is 8.69. The maximum absolute atomic E-state index is 9.07. The highest BCUT2D eigenvalue weighted by Crippen LogP contribution is 2.20. The van der Waals surface area contributed by atoms with Crippen LogP contribution in [0, 0.1) is 11.3 Å². The zero-order valence-corrected chi connectivity index (χ0v) is 11.0. The van der Waals surface area contributed by atoms with Crippen molar-refractivity contribution < 1.29 is 0 Å². The van der Waals surface area contributed by atoms with Gasteiger partial charge in [0.1, 0.15) is 6.07 Å². The smallest absolute Gasteiger partial charge is 0.101 e. The molecule has 1 heterocycles. The SMILES string of the molecule is CC(Cc1ccsc1)Nc1ccc(N)cc1C#N. The Labute approximate surface area is 111 Å². The first-order valence-electron chi connectivity index (χ1n) is 5.76. The highest BCUT2D eigenvalue weighted by atomic mass is 32.1. The zero-order valence-electron chi connectivity index (χ0n) is 10.2. The van der Waals surface area contributed by atoms with Gasteiger partial charge in [0.05, 0.1) is 11.3 Å². The summed E-state index contributed by atoms with van der Waals surface area (Å²) in [5, 5.41) is 16.6. The van der Waals surface area contributed by atoms with E-state index in [4.69, 9.17) is 11.0 Å². The lowest BCUT2D eigenvalue weighted by molar-refractivity contribution is 0.792. The monoisotopic (exact) mass is 257 g/mol. The fourth-order valence-electron chi connectivity index (χ4n) is 1.86. The minimum atomic E-state index is 0.273. The number of hydrogen-bond acceptors (Lipinski definition) is 4. The van der Waals surface area contributed by atoms with Crippen LogP contribution in [0.4, 0.5) is 11.4 Å². The molecule has 1 aromatic carbocycles. The highest BCUT2D eigenvalue weighted by Gasteiger charge is 2.07. The molecule has 0 aliphatic heterocycles. The third kappa shape index (κ3) is 3.02. The Morgan fingerprint density at radius 1 is 1.44 bits per heavy atom. The van der Waals surface area contributed by atoms with Crippen LogP contribution < -0.4 is 11.1 Å². The Bertz CT molecular complexity index is 555. The van der Waals surface area contributed by atoms with Crippen LogP contribution >= 0.6 is 11.3 Å². The van der Waals surface area contributed by atoms with E-state index in [1.165, 1.54) is 5.56 Å². The van der Waals surface area contributed by atoms with Crippen LogP contribution in [0.2, 0.25) is 0 Å². The fraction of sp³-hybridized carbons (Fsp3) is 0.214. The molecule has 0 amide bonds. The normalized spacial score (nSPS) is 11.8. The number of nitrogens with two attached hydrogens (primary N) is 1. The molecule has 0 spiro atoms. The molecule has 3 nitrogen and oxygen atoms in total. The number of nitrogens with one attached hydrogen (secondary N) is 1. The second-order valence-electron chi connectivity index (χ2n) is 4.30. The van der Waals surface area contributed by atoms with Gasteiger partial charge in [-0.1, -0.05) is 0 Å². The molecule has 0 radical (unpaired) electrons. The molecule has 1 unspecified atom stereocenters. The van der Waals surface area contributed by atoms with Crippen LogP contribution in [0.1, 0.15) is 18.1 Å². The number of rotatable bonds is 4. The van der Waals surface area contributed by atoms with Crippen molar-refractivity contribution >= 4 is 22.7 Å². The van der Waals surface area contributed by atoms with Gasteiger partial charge < -0.3 is 11.1 Å². The first-order valence-corrected chi connectivity index (χ1v) is 6.70. The summed E-state index contributed by atoms with van der Waals surface area (Å²) in [6, 6.07) is 9.91. The van der Waals surface area contributed by atoms with Crippen molar-refractivity contribution in [3.05, 3.63) is 46.2 Å². The Morgan fingerprint density at radius 3 is 2.94 bits per heavy atom. The summed E-state index contributed by atoms with van der Waals surface area (Å²) < 4.78 is 0. The number of nitrogens with zero attached hydrogens (tertiary/aromatic N) is 1. The molecular formula is C14H15N3S. The van der Waals surface area contributed by atoms with E-state index < -0.39 is 0 Å². The Kier molecular flexibility index (Phi) is 3.85. The molecule has 0 saturated heterocycles. The molecular weight excluding hydrogens is 242 g/mol. The van der Waals surface area contributed by atoms with E-state index in [1.54, 1.807) is 23.5 Å². The van der Waals surface area contributed by atoms with E-state index in [1.807, 2.05) is 6.07 Å². The molecule has 4 heteroatoms. The van der Waals surface area contributed by atoms with Gasteiger partial charge in [-0.2, -0.15) is 16.6 Å². The van der Waals surface area contributed by atoms with Crippen LogP contribution in [-0.2, 0) is 6.42 Å². The zero-order chi connectivity index (χ0) is 13.0. The predicted octanol–water partition coefficient (Wildman–Crippen LogP) is 3.25. The van der Waals surface area contributed by atoms with Crippen molar-refractivity contribution in [1.29, 1.82) is 5.26 Å². The van der Waals surface area contributed by atoms with Crippen molar-refractivity contribution in [2.45, 2.75) is 19.4 Å². The summed E-state index contributed by atoms with van der Waals surface area (Å²) >= 11 is 1.70. The van der Waals surface area contributed by atoms with Crippen LogP contribution in [0.5, 0.6) is 0 Å². The average Bonchev–Trinajstić information content (AvgIpc) is 2.84. The van der Waals surface area contributed by atoms with Gasteiger partial charge in [-0.15, -0.1) is 0 Å². The molecule has 1 aromatic heterocycles. The van der Waals surface area contributed by atoms with Gasteiger partial charge in [0, 0.05) is 11.7 Å². The maximum Gasteiger partial charge on any atom is 0.101 e. The summed E-state index contributed by atoms with van der Waals surface area (Å²) in [7, 11) is 0. The molecule has 2 rings (SSSR count). The lowest BCUT2D eigenvalue weighted by Gasteiger charge is -2.16. The number of nitrogen functional groups attached to an aromatic ring is 1. The summed E-state index contributed by atoms with van der Waals surface area (Å²) in [6.45, 7) is 2.11. The third-order valence-electron chi connectivity index (χ3n) is 2.69. The van der Waals surface area contributed by atoms with E-state index in [0.29, 0.717) is 11.3 Å². The summed E-state index contributed by atoms with van der Waals surface area (Å²) in [6.07, 6.45) is 0.943. The summed E-state index contributed by atoms with van der Waals surface area (Å²) in [5.74, 6) is 0. The Hall–Kier alpha value is -1.99. The first kappa shape index (κ1) is 12.5. The van der Waals surface area contributed by atoms with Crippen LogP contribution in [0.3, 0.4) is 0 Å². The molecule has 3 N–H and O–H groups in total. The fourth-order valence-corrected chi connectivity index (χ4v) is 2.54. The maximum atomic E-state index is 9.07. The minimum absolute atomic E-state index is 0.273.